The van der Waals surface area contributed by atoms with Gasteiger partial charge in [0.05, 0.1) is 11.5 Å². The number of hydrogen-bond acceptors (Lipinski definition) is 2. The van der Waals surface area contributed by atoms with E-state index >= 15 is 0 Å². The van der Waals surface area contributed by atoms with Crippen LogP contribution in [0.3, 0.4) is 0 Å². The van der Waals surface area contributed by atoms with Crippen molar-refractivity contribution in [3.63, 3.8) is 0 Å². The Bertz CT molecular complexity index is 445. The number of allylic oxidation sites excluding steroid dienone is 2. The first-order chi connectivity index (χ1) is 8.67. The quantitative estimate of drug-likeness (QED) is 0.802. The normalized spacial score (nSPS) is 15.2. The van der Waals surface area contributed by atoms with Gasteiger partial charge in [-0.1, -0.05) is 36.4 Å². The molecule has 0 aromatic heterocycles. The fourth-order valence-electron chi connectivity index (χ4n) is 1.55. The van der Waals surface area contributed by atoms with Gasteiger partial charge in [0, 0.05) is 21.6 Å². The van der Waals surface area contributed by atoms with Crippen LogP contribution in [0.2, 0.25) is 0 Å². The van der Waals surface area contributed by atoms with E-state index in [1.807, 2.05) is 38.1 Å². The molecule has 1 aromatic rings. The molecule has 0 saturated carbocycles. The third-order valence-corrected chi connectivity index (χ3v) is 4.63. The lowest BCUT2D eigenvalue weighted by Gasteiger charge is -2.06. The largest absolute Gasteiger partial charge is 0.255 e. The highest BCUT2D eigenvalue weighted by molar-refractivity contribution is 7.87. The molecule has 2 nitrogen and oxygen atoms in total. The molecule has 0 spiro atoms. The summed E-state index contributed by atoms with van der Waals surface area (Å²) in [4.78, 5) is 0. The average molecular weight is 282 g/mol. The topological polar surface area (TPSA) is 34.1 Å². The van der Waals surface area contributed by atoms with Gasteiger partial charge in [-0.15, -0.1) is 0 Å². The summed E-state index contributed by atoms with van der Waals surface area (Å²) in [7, 11) is -1.99. The van der Waals surface area contributed by atoms with Crippen molar-refractivity contribution in [3.8, 4) is 0 Å². The minimum atomic E-state index is -0.997. The Hall–Kier alpha value is -1.00. The van der Waals surface area contributed by atoms with Crippen LogP contribution in [-0.4, -0.2) is 8.42 Å². The van der Waals surface area contributed by atoms with Crippen LogP contribution in [-0.2, 0) is 33.1 Å². The Morgan fingerprint density at radius 3 is 1.61 bits per heavy atom. The van der Waals surface area contributed by atoms with Crippen LogP contribution < -0.4 is 0 Å². The lowest BCUT2D eigenvalue weighted by molar-refractivity contribution is 0.685. The summed E-state index contributed by atoms with van der Waals surface area (Å²) in [5, 5.41) is 3.36. The van der Waals surface area contributed by atoms with E-state index in [0.29, 0.717) is 11.5 Å². The van der Waals surface area contributed by atoms with Crippen LogP contribution in [0.25, 0.3) is 0 Å². The van der Waals surface area contributed by atoms with Gasteiger partial charge in [0.1, 0.15) is 0 Å². The highest BCUT2D eigenvalue weighted by Crippen LogP contribution is 2.14. The van der Waals surface area contributed by atoms with Crippen molar-refractivity contribution in [2.75, 3.05) is 0 Å². The lowest BCUT2D eigenvalue weighted by atomic mass is 10.1. The summed E-state index contributed by atoms with van der Waals surface area (Å²) >= 11 is 0. The van der Waals surface area contributed by atoms with E-state index in [2.05, 4.69) is 0 Å². The zero-order chi connectivity index (χ0) is 13.4. The molecule has 0 amide bonds. The maximum Gasteiger partial charge on any atom is 0.0529 e. The predicted molar refractivity (Wildman–Crippen MR) is 79.8 cm³/mol. The minimum Gasteiger partial charge on any atom is -0.255 e. The summed E-state index contributed by atoms with van der Waals surface area (Å²) in [5.41, 5.74) is 2.01. The van der Waals surface area contributed by atoms with Crippen LogP contribution in [0.1, 0.15) is 25.0 Å². The van der Waals surface area contributed by atoms with Gasteiger partial charge in [0.15, 0.2) is 0 Å². The summed E-state index contributed by atoms with van der Waals surface area (Å²) in [5.74, 6) is 0.959. The zero-order valence-electron chi connectivity index (χ0n) is 10.7. The number of rotatable bonds is 6. The molecule has 0 aliphatic rings. The van der Waals surface area contributed by atoms with Gasteiger partial charge in [-0.05, 0) is 35.8 Å². The highest BCUT2D eigenvalue weighted by Gasteiger charge is 2.06. The van der Waals surface area contributed by atoms with Gasteiger partial charge in [0.25, 0.3) is 0 Å². The second kappa shape index (κ2) is 8.16. The second-order valence-corrected chi connectivity index (χ2v) is 6.40. The smallest absolute Gasteiger partial charge is 0.0529 e. The van der Waals surface area contributed by atoms with E-state index in [-0.39, 0.29) is 0 Å². The van der Waals surface area contributed by atoms with Gasteiger partial charge in [0.2, 0.25) is 0 Å². The summed E-state index contributed by atoms with van der Waals surface area (Å²) in [6.07, 6.45) is 3.58. The van der Waals surface area contributed by atoms with Crippen molar-refractivity contribution < 1.29 is 8.42 Å². The van der Waals surface area contributed by atoms with Gasteiger partial charge in [-0.2, -0.15) is 0 Å². The van der Waals surface area contributed by atoms with Gasteiger partial charge in [-0.25, -0.2) is 0 Å². The lowest BCUT2D eigenvalue weighted by Crippen LogP contribution is -2.00. The molecule has 0 aliphatic carbocycles. The van der Waals surface area contributed by atoms with Gasteiger partial charge >= 0.3 is 0 Å². The number of benzene rings is 1. The molecule has 0 radical (unpaired) electrons. The molecule has 0 saturated heterocycles. The maximum absolute atomic E-state index is 11.7. The van der Waals surface area contributed by atoms with Crippen molar-refractivity contribution in [2.24, 2.45) is 0 Å². The third kappa shape index (κ3) is 5.10. The molecule has 2 unspecified atom stereocenters. The van der Waals surface area contributed by atoms with E-state index in [1.165, 1.54) is 0 Å². The predicted octanol–water partition coefficient (Wildman–Crippen LogP) is 3.25. The first-order valence-electron chi connectivity index (χ1n) is 5.74. The summed E-state index contributed by atoms with van der Waals surface area (Å²) < 4.78 is 23.4. The molecule has 2 atom stereocenters. The molecule has 0 aliphatic heterocycles. The van der Waals surface area contributed by atoms with E-state index in [9.17, 15) is 8.42 Å². The molecular formula is C14H18O2S2. The first-order valence-corrected chi connectivity index (χ1v) is 8.50. The van der Waals surface area contributed by atoms with E-state index in [0.717, 1.165) is 11.1 Å². The summed E-state index contributed by atoms with van der Waals surface area (Å²) in [6.45, 7) is 3.70. The van der Waals surface area contributed by atoms with Crippen molar-refractivity contribution in [2.45, 2.75) is 25.4 Å². The van der Waals surface area contributed by atoms with Crippen LogP contribution >= 0.6 is 0 Å². The van der Waals surface area contributed by atoms with Gasteiger partial charge < -0.3 is 0 Å². The highest BCUT2D eigenvalue weighted by atomic mass is 32.2. The van der Waals surface area contributed by atoms with Crippen molar-refractivity contribution in [1.82, 2.24) is 0 Å². The standard InChI is InChI=1S/C14H18O2S2/c1-3-9-17(15)11-13-7-5-6-8-14(13)12-18(16)10-4-2/h3-10H,11-12H2,1-2H3. The Morgan fingerprint density at radius 2 is 1.28 bits per heavy atom. The molecule has 0 heterocycles. The Labute approximate surface area is 114 Å². The summed E-state index contributed by atoms with van der Waals surface area (Å²) in [6, 6.07) is 7.74. The molecule has 98 valence electrons. The molecule has 4 heteroatoms. The van der Waals surface area contributed by atoms with Crippen molar-refractivity contribution in [1.29, 1.82) is 0 Å². The molecule has 0 fully saturated rings. The zero-order valence-corrected chi connectivity index (χ0v) is 12.3. The van der Waals surface area contributed by atoms with Crippen molar-refractivity contribution in [3.05, 3.63) is 58.4 Å². The molecule has 0 bridgehead atoms. The fourth-order valence-corrected chi connectivity index (χ4v) is 3.52. The molecule has 1 aromatic carbocycles. The average Bonchev–Trinajstić information content (AvgIpc) is 2.32. The monoisotopic (exact) mass is 282 g/mol. The van der Waals surface area contributed by atoms with E-state index in [4.69, 9.17) is 0 Å². The number of hydrogen-bond donors (Lipinski definition) is 0. The van der Waals surface area contributed by atoms with E-state index < -0.39 is 21.6 Å². The van der Waals surface area contributed by atoms with Crippen LogP contribution in [0.4, 0.5) is 0 Å². The van der Waals surface area contributed by atoms with Crippen LogP contribution in [0, 0.1) is 0 Å². The Morgan fingerprint density at radius 1 is 0.889 bits per heavy atom. The van der Waals surface area contributed by atoms with Crippen LogP contribution in [0.5, 0.6) is 0 Å². The second-order valence-electron chi connectivity index (χ2n) is 3.76. The van der Waals surface area contributed by atoms with Crippen molar-refractivity contribution >= 4 is 21.6 Å². The maximum atomic E-state index is 11.7. The third-order valence-electron chi connectivity index (χ3n) is 2.29. The SMILES string of the molecule is CC=CS(=O)Cc1ccccc1CS(=O)C=CC. The molecule has 0 N–H and O–H groups in total. The minimum absolute atomic E-state index is 0.480. The molecule has 18 heavy (non-hydrogen) atoms. The molecular weight excluding hydrogens is 264 g/mol. The Balaban J connectivity index is 2.85. The van der Waals surface area contributed by atoms with E-state index in [1.54, 1.807) is 23.0 Å². The molecule has 1 rings (SSSR count). The Kier molecular flexibility index (Phi) is 6.83. The fraction of sp³-hybridized carbons (Fsp3) is 0.286. The first kappa shape index (κ1) is 15.1. The van der Waals surface area contributed by atoms with Gasteiger partial charge in [-0.3, -0.25) is 8.42 Å². The van der Waals surface area contributed by atoms with Crippen LogP contribution in [0.15, 0.2) is 47.2 Å².